The summed E-state index contributed by atoms with van der Waals surface area (Å²) in [4.78, 5) is 33.9. The number of aliphatic hydroxyl groups excluding tert-OH is 1. The quantitative estimate of drug-likeness (QED) is 0.469. The van der Waals surface area contributed by atoms with Crippen LogP contribution in [-0.2, 0) is 14.4 Å². The van der Waals surface area contributed by atoms with Crippen molar-refractivity contribution in [3.8, 4) is 0 Å². The van der Waals surface area contributed by atoms with E-state index in [0.29, 0.717) is 0 Å². The van der Waals surface area contributed by atoms with Crippen LogP contribution in [0, 0.1) is 0 Å². The Morgan fingerprint density at radius 2 is 2.27 bits per heavy atom. The van der Waals surface area contributed by atoms with Crippen LogP contribution < -0.4 is 11.1 Å². The summed E-state index contributed by atoms with van der Waals surface area (Å²) in [5.74, 6) is -1.37. The molecule has 0 aliphatic carbocycles. The summed E-state index contributed by atoms with van der Waals surface area (Å²) in [5, 5.41) is 11.4. The van der Waals surface area contributed by atoms with E-state index < -0.39 is 17.9 Å². The molecule has 0 aromatic carbocycles. The number of primary amides is 1. The highest BCUT2D eigenvalue weighted by atomic mass is 16.3. The van der Waals surface area contributed by atoms with E-state index in [1.807, 2.05) is 0 Å². The van der Waals surface area contributed by atoms with Crippen LogP contribution in [0.5, 0.6) is 0 Å². The molecule has 7 heteroatoms. The van der Waals surface area contributed by atoms with Crippen LogP contribution in [0.4, 0.5) is 0 Å². The lowest BCUT2D eigenvalue weighted by Crippen LogP contribution is -2.41. The van der Waals surface area contributed by atoms with Gasteiger partial charge in [-0.3, -0.25) is 14.4 Å². The molecule has 1 unspecified atom stereocenters. The van der Waals surface area contributed by atoms with Gasteiger partial charge in [-0.2, -0.15) is 0 Å². The number of nitrogens with zero attached hydrogens (tertiary/aromatic N) is 1. The van der Waals surface area contributed by atoms with Gasteiger partial charge in [-0.05, 0) is 0 Å². The number of hydrogen-bond donors (Lipinski definition) is 3. The lowest BCUT2D eigenvalue weighted by Gasteiger charge is -2.14. The molecule has 0 radical (unpaired) electrons. The molecule has 4 N–H and O–H groups in total. The van der Waals surface area contributed by atoms with Crippen molar-refractivity contribution >= 4 is 17.7 Å². The third-order valence-electron chi connectivity index (χ3n) is 1.99. The molecule has 15 heavy (non-hydrogen) atoms. The maximum atomic E-state index is 11.2. The minimum atomic E-state index is -0.707. The van der Waals surface area contributed by atoms with Crippen LogP contribution >= 0.6 is 0 Å². The first-order chi connectivity index (χ1) is 6.99. The number of nitrogens with two attached hydrogens (primary N) is 1. The van der Waals surface area contributed by atoms with Gasteiger partial charge in [0, 0.05) is 6.54 Å². The largest absolute Gasteiger partial charge is 0.391 e. The number of β-amino-alcohol motifs (C(OH)–C–C–N with tert-alkyl or cyclic N) is 1. The molecule has 1 fully saturated rings. The molecule has 1 rings (SSSR count). The van der Waals surface area contributed by atoms with Crippen molar-refractivity contribution in [2.75, 3.05) is 19.6 Å². The molecule has 1 heterocycles. The van der Waals surface area contributed by atoms with Crippen LogP contribution in [0.1, 0.15) is 6.42 Å². The van der Waals surface area contributed by atoms with Gasteiger partial charge in [0.2, 0.25) is 17.7 Å². The molecule has 0 bridgehead atoms. The zero-order chi connectivity index (χ0) is 11.4. The van der Waals surface area contributed by atoms with E-state index in [9.17, 15) is 14.4 Å². The lowest BCUT2D eigenvalue weighted by atomic mass is 10.3. The zero-order valence-electron chi connectivity index (χ0n) is 8.10. The maximum Gasteiger partial charge on any atom is 0.240 e. The fourth-order valence-electron chi connectivity index (χ4n) is 1.32. The summed E-state index contributed by atoms with van der Waals surface area (Å²) >= 11 is 0. The van der Waals surface area contributed by atoms with Gasteiger partial charge < -0.3 is 21.1 Å². The second kappa shape index (κ2) is 4.74. The van der Waals surface area contributed by atoms with E-state index >= 15 is 0 Å². The smallest absolute Gasteiger partial charge is 0.240 e. The van der Waals surface area contributed by atoms with Crippen LogP contribution in [0.15, 0.2) is 0 Å². The van der Waals surface area contributed by atoms with Crippen molar-refractivity contribution in [3.05, 3.63) is 0 Å². The molecular formula is C8H13N3O4. The lowest BCUT2D eigenvalue weighted by molar-refractivity contribution is -0.133. The number of carbonyl (C=O) groups excluding carboxylic acids is 3. The van der Waals surface area contributed by atoms with Crippen molar-refractivity contribution in [2.24, 2.45) is 5.73 Å². The van der Waals surface area contributed by atoms with Crippen molar-refractivity contribution in [3.63, 3.8) is 0 Å². The third-order valence-corrected chi connectivity index (χ3v) is 1.99. The highest BCUT2D eigenvalue weighted by Gasteiger charge is 2.29. The standard InChI is InChI=1S/C8H13N3O4/c9-6(13)2-10-7(14)4-11-3-5(12)1-8(11)15/h5,12H,1-4H2,(H2,9,13)(H,10,14). The van der Waals surface area contributed by atoms with Gasteiger partial charge in [-0.15, -0.1) is 0 Å². The average molecular weight is 215 g/mol. The maximum absolute atomic E-state index is 11.2. The number of amides is 3. The van der Waals surface area contributed by atoms with E-state index in [-0.39, 0.29) is 32.0 Å². The Hall–Kier alpha value is -1.63. The second-order valence-corrected chi connectivity index (χ2v) is 3.38. The van der Waals surface area contributed by atoms with E-state index in [2.05, 4.69) is 5.32 Å². The SMILES string of the molecule is NC(=O)CNC(=O)CN1CC(O)CC1=O. The highest BCUT2D eigenvalue weighted by Crippen LogP contribution is 2.09. The van der Waals surface area contributed by atoms with E-state index in [4.69, 9.17) is 10.8 Å². The number of hydrogen-bond acceptors (Lipinski definition) is 4. The third kappa shape index (κ3) is 3.55. The number of nitrogens with one attached hydrogen (secondary N) is 1. The molecule has 84 valence electrons. The molecule has 1 atom stereocenters. The Morgan fingerprint density at radius 3 is 2.73 bits per heavy atom. The van der Waals surface area contributed by atoms with Gasteiger partial charge in [0.25, 0.3) is 0 Å². The summed E-state index contributed by atoms with van der Waals surface area (Å²) in [6, 6.07) is 0. The van der Waals surface area contributed by atoms with E-state index in [1.165, 1.54) is 4.90 Å². The van der Waals surface area contributed by atoms with Gasteiger partial charge in [0.05, 0.1) is 25.6 Å². The van der Waals surface area contributed by atoms with Crippen LogP contribution in [-0.4, -0.2) is 53.5 Å². The normalized spacial score (nSPS) is 20.5. The Morgan fingerprint density at radius 1 is 1.60 bits per heavy atom. The van der Waals surface area contributed by atoms with Gasteiger partial charge in [-0.1, -0.05) is 0 Å². The van der Waals surface area contributed by atoms with Crippen LogP contribution in [0.25, 0.3) is 0 Å². The molecule has 0 aromatic rings. The molecule has 3 amide bonds. The second-order valence-electron chi connectivity index (χ2n) is 3.38. The molecule has 1 saturated heterocycles. The number of carbonyl (C=O) groups is 3. The van der Waals surface area contributed by atoms with Gasteiger partial charge in [-0.25, -0.2) is 0 Å². The summed E-state index contributed by atoms with van der Waals surface area (Å²) in [6.07, 6.45) is -0.662. The van der Waals surface area contributed by atoms with Gasteiger partial charge in [0.1, 0.15) is 0 Å². The summed E-state index contributed by atoms with van der Waals surface area (Å²) in [7, 11) is 0. The monoisotopic (exact) mass is 215 g/mol. The molecule has 1 aliphatic rings. The summed E-state index contributed by atoms with van der Waals surface area (Å²) in [6.45, 7) is -0.241. The van der Waals surface area contributed by atoms with Crippen LogP contribution in [0.2, 0.25) is 0 Å². The van der Waals surface area contributed by atoms with E-state index in [0.717, 1.165) is 0 Å². The molecule has 7 nitrogen and oxygen atoms in total. The first-order valence-electron chi connectivity index (χ1n) is 4.50. The minimum Gasteiger partial charge on any atom is -0.391 e. The van der Waals surface area contributed by atoms with Crippen molar-refractivity contribution in [1.29, 1.82) is 0 Å². The topological polar surface area (TPSA) is 113 Å². The molecule has 0 aromatic heterocycles. The van der Waals surface area contributed by atoms with Crippen molar-refractivity contribution in [2.45, 2.75) is 12.5 Å². The summed E-state index contributed by atoms with van der Waals surface area (Å²) < 4.78 is 0. The van der Waals surface area contributed by atoms with Crippen molar-refractivity contribution < 1.29 is 19.5 Å². The first-order valence-corrected chi connectivity index (χ1v) is 4.50. The fraction of sp³-hybridized carbons (Fsp3) is 0.625. The number of aliphatic hydroxyl groups is 1. The Bertz CT molecular complexity index is 292. The Balaban J connectivity index is 2.32. The Kier molecular flexibility index (Phi) is 3.62. The fourth-order valence-corrected chi connectivity index (χ4v) is 1.32. The van der Waals surface area contributed by atoms with E-state index in [1.54, 1.807) is 0 Å². The first kappa shape index (κ1) is 11.4. The highest BCUT2D eigenvalue weighted by molar-refractivity contribution is 5.88. The molecule has 0 saturated carbocycles. The molecule has 1 aliphatic heterocycles. The average Bonchev–Trinajstić information content (AvgIpc) is 2.42. The van der Waals surface area contributed by atoms with Crippen LogP contribution in [0.3, 0.4) is 0 Å². The summed E-state index contributed by atoms with van der Waals surface area (Å²) in [5.41, 5.74) is 4.82. The zero-order valence-corrected chi connectivity index (χ0v) is 8.10. The number of rotatable bonds is 4. The van der Waals surface area contributed by atoms with Gasteiger partial charge >= 0.3 is 0 Å². The molecule has 0 spiro atoms. The van der Waals surface area contributed by atoms with Crippen molar-refractivity contribution in [1.82, 2.24) is 10.2 Å². The predicted molar refractivity (Wildman–Crippen MR) is 49.4 cm³/mol. The minimum absolute atomic E-state index is 0.0447. The predicted octanol–water partition coefficient (Wildman–Crippen LogP) is -2.82. The Labute approximate surface area is 86.2 Å². The molecular weight excluding hydrogens is 202 g/mol. The number of likely N-dealkylation sites (tertiary alicyclic amines) is 1. The van der Waals surface area contributed by atoms with Gasteiger partial charge in [0.15, 0.2) is 0 Å².